The lowest BCUT2D eigenvalue weighted by molar-refractivity contribution is 0.102. The van der Waals surface area contributed by atoms with Crippen LogP contribution in [-0.4, -0.2) is 23.0 Å². The first-order chi connectivity index (χ1) is 9.11. The molecule has 1 amide bonds. The Hall–Kier alpha value is -1.66. The summed E-state index contributed by atoms with van der Waals surface area (Å²) in [7, 11) is 1.48. The van der Waals surface area contributed by atoms with Gasteiger partial charge in [-0.2, -0.15) is 0 Å². The molecule has 2 rings (SSSR count). The number of rotatable bonds is 3. The molecule has 0 saturated heterocycles. The third-order valence-electron chi connectivity index (χ3n) is 2.26. The van der Waals surface area contributed by atoms with Gasteiger partial charge in [-0.15, -0.1) is 0 Å². The number of amides is 1. The first-order valence-electron chi connectivity index (χ1n) is 5.23. The number of nitrogens with zero attached hydrogens (tertiary/aromatic N) is 2. The highest BCUT2D eigenvalue weighted by molar-refractivity contribution is 9.10. The predicted octanol–water partition coefficient (Wildman–Crippen LogP) is 3.15. The average molecular weight is 343 g/mol. The van der Waals surface area contributed by atoms with E-state index >= 15 is 0 Å². The van der Waals surface area contributed by atoms with Crippen LogP contribution in [0.1, 0.15) is 10.4 Å². The molecule has 0 aromatic carbocycles. The Morgan fingerprint density at radius 2 is 2.26 bits per heavy atom. The van der Waals surface area contributed by atoms with Crippen LogP contribution in [0, 0.1) is 0 Å². The van der Waals surface area contributed by atoms with Gasteiger partial charge in [0, 0.05) is 16.9 Å². The summed E-state index contributed by atoms with van der Waals surface area (Å²) in [6.07, 6.45) is 3.09. The van der Waals surface area contributed by atoms with Crippen molar-refractivity contribution in [3.8, 4) is 5.88 Å². The van der Waals surface area contributed by atoms with E-state index in [9.17, 15) is 4.79 Å². The second kappa shape index (κ2) is 5.99. The van der Waals surface area contributed by atoms with Crippen LogP contribution in [0.3, 0.4) is 0 Å². The van der Waals surface area contributed by atoms with Crippen LogP contribution < -0.4 is 10.1 Å². The van der Waals surface area contributed by atoms with Crippen molar-refractivity contribution >= 4 is 39.1 Å². The number of carbonyl (C=O) groups excluding carboxylic acids is 1. The summed E-state index contributed by atoms with van der Waals surface area (Å²) in [4.78, 5) is 20.0. The fraction of sp³-hybridized carbons (Fsp3) is 0.0833. The summed E-state index contributed by atoms with van der Waals surface area (Å²) in [5.74, 6) is -0.0555. The Morgan fingerprint density at radius 3 is 3.00 bits per heavy atom. The van der Waals surface area contributed by atoms with Gasteiger partial charge in [0.05, 0.1) is 12.7 Å². The zero-order chi connectivity index (χ0) is 13.8. The van der Waals surface area contributed by atoms with Gasteiger partial charge < -0.3 is 10.1 Å². The Bertz CT molecular complexity index is 622. The minimum atomic E-state index is -0.384. The number of methoxy groups -OCH3 is 1. The monoisotopic (exact) mass is 341 g/mol. The summed E-state index contributed by atoms with van der Waals surface area (Å²) in [5.41, 5.74) is 0.730. The molecule has 0 fully saturated rings. The molecular formula is C12H9BrClN3O2. The van der Waals surface area contributed by atoms with Crippen LogP contribution in [-0.2, 0) is 0 Å². The smallest absolute Gasteiger partial charge is 0.258 e. The minimum Gasteiger partial charge on any atom is -0.480 e. The number of ether oxygens (including phenoxy) is 1. The van der Waals surface area contributed by atoms with Crippen molar-refractivity contribution < 1.29 is 9.53 Å². The van der Waals surface area contributed by atoms with E-state index in [0.717, 1.165) is 0 Å². The maximum Gasteiger partial charge on any atom is 0.258 e. The van der Waals surface area contributed by atoms with Gasteiger partial charge in [-0.1, -0.05) is 11.6 Å². The number of pyridine rings is 2. The summed E-state index contributed by atoms with van der Waals surface area (Å²) in [6.45, 7) is 0. The molecule has 0 radical (unpaired) electrons. The fourth-order valence-corrected chi connectivity index (χ4v) is 1.94. The lowest BCUT2D eigenvalue weighted by atomic mass is 10.2. The first kappa shape index (κ1) is 13.8. The fourth-order valence-electron chi connectivity index (χ4n) is 1.42. The zero-order valence-corrected chi connectivity index (χ0v) is 12.2. The maximum absolute atomic E-state index is 12.1. The molecule has 2 aromatic rings. The third kappa shape index (κ3) is 3.21. The van der Waals surface area contributed by atoms with Crippen molar-refractivity contribution in [3.05, 3.63) is 45.8 Å². The quantitative estimate of drug-likeness (QED) is 0.870. The maximum atomic E-state index is 12.1. The van der Waals surface area contributed by atoms with Crippen LogP contribution in [0.5, 0.6) is 5.88 Å². The van der Waals surface area contributed by atoms with Gasteiger partial charge in [0.25, 0.3) is 5.91 Å². The molecule has 5 nitrogen and oxygen atoms in total. The number of anilines is 1. The van der Waals surface area contributed by atoms with Gasteiger partial charge in [-0.25, -0.2) is 9.97 Å². The van der Waals surface area contributed by atoms with Gasteiger partial charge >= 0.3 is 0 Å². The second-order valence-electron chi connectivity index (χ2n) is 3.51. The van der Waals surface area contributed by atoms with Crippen molar-refractivity contribution in [2.45, 2.75) is 0 Å². The first-order valence-corrected chi connectivity index (χ1v) is 6.40. The summed E-state index contributed by atoms with van der Waals surface area (Å²) in [6, 6.07) is 4.97. The molecule has 2 aromatic heterocycles. The number of halogens is 2. The van der Waals surface area contributed by atoms with E-state index in [1.54, 1.807) is 24.4 Å². The highest BCUT2D eigenvalue weighted by Crippen LogP contribution is 2.23. The number of hydrogen-bond acceptors (Lipinski definition) is 4. The molecule has 2 heterocycles. The van der Waals surface area contributed by atoms with Crippen molar-refractivity contribution in [1.29, 1.82) is 0 Å². The summed E-state index contributed by atoms with van der Waals surface area (Å²) < 4.78 is 5.72. The molecule has 7 heteroatoms. The molecule has 0 atom stereocenters. The predicted molar refractivity (Wildman–Crippen MR) is 75.7 cm³/mol. The Kier molecular flexibility index (Phi) is 4.34. The van der Waals surface area contributed by atoms with E-state index < -0.39 is 0 Å². The minimum absolute atomic E-state index is 0.128. The van der Waals surface area contributed by atoms with Crippen LogP contribution >= 0.6 is 27.5 Å². The van der Waals surface area contributed by atoms with E-state index in [1.807, 2.05) is 0 Å². The zero-order valence-electron chi connectivity index (χ0n) is 9.85. The lowest BCUT2D eigenvalue weighted by Crippen LogP contribution is -2.14. The van der Waals surface area contributed by atoms with Crippen molar-refractivity contribution in [2.24, 2.45) is 0 Å². The van der Waals surface area contributed by atoms with Crippen molar-refractivity contribution in [2.75, 3.05) is 12.4 Å². The molecule has 0 aliphatic rings. The van der Waals surface area contributed by atoms with Gasteiger partial charge in [0.2, 0.25) is 5.88 Å². The molecule has 0 unspecified atom stereocenters. The molecule has 1 N–H and O–H groups in total. The van der Waals surface area contributed by atoms with Crippen LogP contribution in [0.15, 0.2) is 35.1 Å². The van der Waals surface area contributed by atoms with E-state index in [1.165, 1.54) is 13.3 Å². The lowest BCUT2D eigenvalue weighted by Gasteiger charge is -2.09. The average Bonchev–Trinajstić information content (AvgIpc) is 2.42. The Labute approximate surface area is 123 Å². The Morgan fingerprint density at radius 1 is 1.47 bits per heavy atom. The van der Waals surface area contributed by atoms with Gasteiger partial charge in [-0.05, 0) is 34.1 Å². The van der Waals surface area contributed by atoms with Crippen molar-refractivity contribution in [3.63, 3.8) is 0 Å². The van der Waals surface area contributed by atoms with E-state index in [-0.39, 0.29) is 16.6 Å². The Balaban J connectivity index is 2.28. The molecule has 0 saturated carbocycles. The van der Waals surface area contributed by atoms with E-state index in [0.29, 0.717) is 16.0 Å². The van der Waals surface area contributed by atoms with Crippen LogP contribution in [0.25, 0.3) is 0 Å². The van der Waals surface area contributed by atoms with Crippen LogP contribution in [0.4, 0.5) is 5.69 Å². The van der Waals surface area contributed by atoms with Gasteiger partial charge in [0.1, 0.15) is 10.8 Å². The standard InChI is InChI=1S/C12H9BrClN3O2/c1-19-12-9(3-2-4-15-12)17-11(18)8-5-7(13)6-16-10(8)14/h2-6H,1H3,(H,17,18). The molecule has 0 aliphatic heterocycles. The third-order valence-corrected chi connectivity index (χ3v) is 3.00. The molecule has 19 heavy (non-hydrogen) atoms. The second-order valence-corrected chi connectivity index (χ2v) is 4.78. The van der Waals surface area contributed by atoms with E-state index in [4.69, 9.17) is 16.3 Å². The molecule has 0 bridgehead atoms. The largest absolute Gasteiger partial charge is 0.480 e. The molecule has 0 aliphatic carbocycles. The van der Waals surface area contributed by atoms with Gasteiger partial charge in [0.15, 0.2) is 0 Å². The number of nitrogens with one attached hydrogen (secondary N) is 1. The SMILES string of the molecule is COc1ncccc1NC(=O)c1cc(Br)cnc1Cl. The highest BCUT2D eigenvalue weighted by Gasteiger charge is 2.14. The van der Waals surface area contributed by atoms with Gasteiger partial charge in [-0.3, -0.25) is 4.79 Å². The topological polar surface area (TPSA) is 64.1 Å². The van der Waals surface area contributed by atoms with Crippen molar-refractivity contribution in [1.82, 2.24) is 9.97 Å². The highest BCUT2D eigenvalue weighted by atomic mass is 79.9. The number of carbonyl (C=O) groups is 1. The number of hydrogen-bond donors (Lipinski definition) is 1. The molecule has 0 spiro atoms. The number of aromatic nitrogens is 2. The summed E-state index contributed by atoms with van der Waals surface area (Å²) in [5, 5.41) is 2.80. The molecular weight excluding hydrogens is 334 g/mol. The van der Waals surface area contributed by atoms with E-state index in [2.05, 4.69) is 31.2 Å². The van der Waals surface area contributed by atoms with Crippen LogP contribution in [0.2, 0.25) is 5.15 Å². The summed E-state index contributed by atoms with van der Waals surface area (Å²) >= 11 is 9.13. The normalized spacial score (nSPS) is 10.1. The molecule has 98 valence electrons.